The van der Waals surface area contributed by atoms with E-state index in [1.54, 1.807) is 6.07 Å². The number of carbonyl (C=O) groups is 4. The molecule has 1 aromatic heterocycles. The highest BCUT2D eigenvalue weighted by atomic mass is 32.1. The number of thiazole rings is 1. The minimum absolute atomic E-state index is 0.0919. The van der Waals surface area contributed by atoms with Gasteiger partial charge in [0.05, 0.1) is 5.69 Å². The lowest BCUT2D eigenvalue weighted by molar-refractivity contribution is -0.119. The Hall–Kier alpha value is -4.05. The number of aromatic nitrogens is 1. The van der Waals surface area contributed by atoms with Crippen molar-refractivity contribution in [1.29, 1.82) is 0 Å². The topological polar surface area (TPSA) is 129 Å². The lowest BCUT2D eigenvalue weighted by atomic mass is 10.1. The molecule has 3 aromatic rings. The van der Waals surface area contributed by atoms with Gasteiger partial charge in [0.15, 0.2) is 5.13 Å². The van der Waals surface area contributed by atoms with Crippen LogP contribution in [0.4, 0.5) is 16.5 Å². The van der Waals surface area contributed by atoms with E-state index >= 15 is 0 Å². The van der Waals surface area contributed by atoms with Crippen LogP contribution in [0.2, 0.25) is 0 Å². The average molecular weight is 466 g/mol. The van der Waals surface area contributed by atoms with Gasteiger partial charge in [-0.05, 0) is 23.8 Å². The van der Waals surface area contributed by atoms with E-state index in [0.29, 0.717) is 28.7 Å². The Labute approximate surface area is 194 Å². The quantitative estimate of drug-likeness (QED) is 0.424. The van der Waals surface area contributed by atoms with Gasteiger partial charge in [-0.15, -0.1) is 11.3 Å². The highest BCUT2D eigenvalue weighted by Crippen LogP contribution is 2.26. The number of hydrogen-bond acceptors (Lipinski definition) is 6. The predicted octanol–water partition coefficient (Wildman–Crippen LogP) is 3.62. The number of benzene rings is 2. The highest BCUT2D eigenvalue weighted by molar-refractivity contribution is 7.14. The minimum Gasteiger partial charge on any atom is -0.352 e. The normalized spacial score (nSPS) is 10.3. The summed E-state index contributed by atoms with van der Waals surface area (Å²) in [6.07, 6.45) is 0. The molecular formula is C23H23N5O4S. The second kappa shape index (κ2) is 10.5. The maximum atomic E-state index is 12.8. The van der Waals surface area contributed by atoms with Crippen molar-refractivity contribution in [2.45, 2.75) is 27.3 Å². The fourth-order valence-corrected chi connectivity index (χ4v) is 3.68. The second-order valence-corrected chi connectivity index (χ2v) is 8.12. The van der Waals surface area contributed by atoms with Gasteiger partial charge in [-0.1, -0.05) is 24.3 Å². The van der Waals surface area contributed by atoms with Crippen LogP contribution in [0, 0.1) is 0 Å². The molecule has 0 aliphatic carbocycles. The first-order valence-electron chi connectivity index (χ1n) is 10.0. The molecule has 0 spiro atoms. The van der Waals surface area contributed by atoms with E-state index in [0.717, 1.165) is 11.1 Å². The van der Waals surface area contributed by atoms with Gasteiger partial charge in [0.2, 0.25) is 17.7 Å². The van der Waals surface area contributed by atoms with Crippen LogP contribution in [-0.4, -0.2) is 28.6 Å². The molecule has 0 saturated heterocycles. The molecule has 10 heteroatoms. The largest absolute Gasteiger partial charge is 0.352 e. The van der Waals surface area contributed by atoms with Crippen LogP contribution in [0.5, 0.6) is 0 Å². The summed E-state index contributed by atoms with van der Waals surface area (Å²) >= 11 is 1.28. The summed E-state index contributed by atoms with van der Waals surface area (Å²) in [6, 6.07) is 12.2. The first-order chi connectivity index (χ1) is 15.7. The van der Waals surface area contributed by atoms with Crippen molar-refractivity contribution in [3.8, 4) is 11.3 Å². The standard InChI is InChI=1S/C23H23N5O4S/c1-13(29)24-11-16-4-6-17(7-5-16)21-12-33-23(27-21)28-22(32)18-8-19(25-14(2)30)10-20(9-18)26-15(3)31/h4-10,12H,11H2,1-3H3,(H,24,29)(H,25,30)(H,26,31)(H,27,28,32). The second-order valence-electron chi connectivity index (χ2n) is 7.26. The SMILES string of the molecule is CC(=O)NCc1ccc(-c2csc(NC(=O)c3cc(NC(C)=O)cc(NC(C)=O)c3)n2)cc1. The number of anilines is 3. The van der Waals surface area contributed by atoms with Crippen molar-refractivity contribution >= 4 is 51.5 Å². The number of nitrogens with zero attached hydrogens (tertiary/aromatic N) is 1. The van der Waals surface area contributed by atoms with Gasteiger partial charge in [0.1, 0.15) is 0 Å². The lowest BCUT2D eigenvalue weighted by Gasteiger charge is -2.10. The molecule has 0 atom stereocenters. The fourth-order valence-electron chi connectivity index (χ4n) is 2.96. The van der Waals surface area contributed by atoms with E-state index in [1.807, 2.05) is 29.6 Å². The molecule has 0 saturated carbocycles. The summed E-state index contributed by atoms with van der Waals surface area (Å²) in [5.74, 6) is -1.12. The molecule has 0 radical (unpaired) electrons. The Morgan fingerprint density at radius 1 is 0.818 bits per heavy atom. The Morgan fingerprint density at radius 2 is 1.42 bits per heavy atom. The molecule has 33 heavy (non-hydrogen) atoms. The zero-order chi connectivity index (χ0) is 24.0. The molecule has 0 unspecified atom stereocenters. The molecule has 4 N–H and O–H groups in total. The van der Waals surface area contributed by atoms with Gasteiger partial charge in [-0.25, -0.2) is 4.98 Å². The zero-order valence-corrected chi connectivity index (χ0v) is 19.1. The van der Waals surface area contributed by atoms with Crippen LogP contribution >= 0.6 is 11.3 Å². The van der Waals surface area contributed by atoms with Crippen LogP contribution in [0.3, 0.4) is 0 Å². The molecule has 1 heterocycles. The Balaban J connectivity index is 1.74. The van der Waals surface area contributed by atoms with E-state index < -0.39 is 5.91 Å². The van der Waals surface area contributed by atoms with E-state index in [-0.39, 0.29) is 23.3 Å². The molecule has 2 aromatic carbocycles. The third-order valence-electron chi connectivity index (χ3n) is 4.35. The Bertz CT molecular complexity index is 1170. The maximum Gasteiger partial charge on any atom is 0.257 e. The summed E-state index contributed by atoms with van der Waals surface area (Å²) in [5, 5.41) is 13.0. The molecule has 0 aliphatic rings. The third kappa shape index (κ3) is 6.97. The first-order valence-corrected chi connectivity index (χ1v) is 10.9. The molecule has 0 bridgehead atoms. The lowest BCUT2D eigenvalue weighted by Crippen LogP contribution is -2.18. The smallest absolute Gasteiger partial charge is 0.257 e. The number of rotatable bonds is 7. The summed E-state index contributed by atoms with van der Waals surface area (Å²) < 4.78 is 0. The van der Waals surface area contributed by atoms with E-state index in [1.165, 1.54) is 44.2 Å². The number of carbonyl (C=O) groups excluding carboxylic acids is 4. The fraction of sp³-hybridized carbons (Fsp3) is 0.174. The third-order valence-corrected chi connectivity index (χ3v) is 5.11. The van der Waals surface area contributed by atoms with Gasteiger partial charge in [0, 0.05) is 55.2 Å². The van der Waals surface area contributed by atoms with E-state index in [2.05, 4.69) is 26.3 Å². The van der Waals surface area contributed by atoms with Crippen molar-refractivity contribution in [2.75, 3.05) is 16.0 Å². The molecule has 170 valence electrons. The molecular weight excluding hydrogens is 442 g/mol. The number of amides is 4. The van der Waals surface area contributed by atoms with Crippen LogP contribution in [0.1, 0.15) is 36.7 Å². The van der Waals surface area contributed by atoms with Crippen molar-refractivity contribution in [1.82, 2.24) is 10.3 Å². The number of hydrogen-bond donors (Lipinski definition) is 4. The first kappa shape index (κ1) is 23.6. The summed E-state index contributed by atoms with van der Waals surface area (Å²) in [5.41, 5.74) is 3.57. The van der Waals surface area contributed by atoms with Crippen LogP contribution < -0.4 is 21.3 Å². The highest BCUT2D eigenvalue weighted by Gasteiger charge is 2.13. The van der Waals surface area contributed by atoms with Gasteiger partial charge >= 0.3 is 0 Å². The van der Waals surface area contributed by atoms with E-state index in [9.17, 15) is 19.2 Å². The van der Waals surface area contributed by atoms with Crippen LogP contribution in [0.25, 0.3) is 11.3 Å². The van der Waals surface area contributed by atoms with Gasteiger partial charge in [-0.2, -0.15) is 0 Å². The summed E-state index contributed by atoms with van der Waals surface area (Å²) in [6.45, 7) is 4.63. The molecule has 0 aliphatic heterocycles. The van der Waals surface area contributed by atoms with Crippen molar-refractivity contribution < 1.29 is 19.2 Å². The summed E-state index contributed by atoms with van der Waals surface area (Å²) in [7, 11) is 0. The molecule has 0 fully saturated rings. The van der Waals surface area contributed by atoms with Crippen molar-refractivity contribution in [3.63, 3.8) is 0 Å². The molecule has 9 nitrogen and oxygen atoms in total. The summed E-state index contributed by atoms with van der Waals surface area (Å²) in [4.78, 5) is 51.1. The van der Waals surface area contributed by atoms with Crippen molar-refractivity contribution in [2.24, 2.45) is 0 Å². The monoisotopic (exact) mass is 465 g/mol. The Morgan fingerprint density at radius 3 is 1.97 bits per heavy atom. The van der Waals surface area contributed by atoms with Crippen molar-refractivity contribution in [3.05, 3.63) is 59.0 Å². The molecule has 4 amide bonds. The number of nitrogens with one attached hydrogen (secondary N) is 4. The maximum absolute atomic E-state index is 12.8. The van der Waals surface area contributed by atoms with Gasteiger partial charge in [0.25, 0.3) is 5.91 Å². The minimum atomic E-state index is -0.430. The molecule has 3 rings (SSSR count). The van der Waals surface area contributed by atoms with Gasteiger partial charge < -0.3 is 16.0 Å². The predicted molar refractivity (Wildman–Crippen MR) is 128 cm³/mol. The zero-order valence-electron chi connectivity index (χ0n) is 18.3. The average Bonchev–Trinajstić information content (AvgIpc) is 3.20. The van der Waals surface area contributed by atoms with Crippen LogP contribution in [0.15, 0.2) is 47.8 Å². The Kier molecular flexibility index (Phi) is 7.52. The van der Waals surface area contributed by atoms with E-state index in [4.69, 9.17) is 0 Å². The van der Waals surface area contributed by atoms with Gasteiger partial charge in [-0.3, -0.25) is 24.5 Å². The van der Waals surface area contributed by atoms with Crippen LogP contribution in [-0.2, 0) is 20.9 Å².